The first-order chi connectivity index (χ1) is 7.18. The third kappa shape index (κ3) is 2.04. The quantitative estimate of drug-likeness (QED) is 0.716. The summed E-state index contributed by atoms with van der Waals surface area (Å²) in [5.74, 6) is -0.252. The van der Waals surface area contributed by atoms with Crippen LogP contribution in [0.5, 0.6) is 0 Å². The fraction of sp³-hybridized carbons (Fsp3) is 0.455. The molecule has 1 aliphatic rings. The zero-order valence-electron chi connectivity index (χ0n) is 8.74. The minimum Gasteiger partial charge on any atom is -0.397 e. The predicted molar refractivity (Wildman–Crippen MR) is 58.4 cm³/mol. The number of rotatable bonds is 1. The molecule has 0 amide bonds. The number of benzene rings is 1. The molecule has 0 radical (unpaired) electrons. The molecule has 0 aromatic heterocycles. The van der Waals surface area contributed by atoms with Gasteiger partial charge < -0.3 is 15.4 Å². The zero-order chi connectivity index (χ0) is 10.8. The van der Waals surface area contributed by atoms with Crippen LogP contribution in [0.1, 0.15) is 6.92 Å². The van der Waals surface area contributed by atoms with Gasteiger partial charge in [-0.15, -0.1) is 0 Å². The van der Waals surface area contributed by atoms with Crippen molar-refractivity contribution < 1.29 is 9.13 Å². The van der Waals surface area contributed by atoms with Gasteiger partial charge in [-0.2, -0.15) is 0 Å². The summed E-state index contributed by atoms with van der Waals surface area (Å²) >= 11 is 0. The first-order valence-electron chi connectivity index (χ1n) is 5.08. The number of hydrogen-bond acceptors (Lipinski definition) is 3. The molecule has 2 N–H and O–H groups in total. The van der Waals surface area contributed by atoms with E-state index in [9.17, 15) is 4.39 Å². The first kappa shape index (κ1) is 10.2. The van der Waals surface area contributed by atoms with Crippen molar-refractivity contribution in [3.8, 4) is 0 Å². The maximum Gasteiger partial charge on any atom is 0.125 e. The Balaban J connectivity index is 2.30. The second-order valence-electron chi connectivity index (χ2n) is 3.82. The van der Waals surface area contributed by atoms with E-state index in [1.165, 1.54) is 12.1 Å². The second kappa shape index (κ2) is 4.06. The molecule has 2 rings (SSSR count). The molecule has 4 heteroatoms. The van der Waals surface area contributed by atoms with Gasteiger partial charge in [-0.3, -0.25) is 0 Å². The van der Waals surface area contributed by atoms with Crippen molar-refractivity contribution in [1.29, 1.82) is 0 Å². The Morgan fingerprint density at radius 3 is 3.07 bits per heavy atom. The number of morpholine rings is 1. The number of nitrogens with two attached hydrogens (primary N) is 1. The monoisotopic (exact) mass is 210 g/mol. The summed E-state index contributed by atoms with van der Waals surface area (Å²) in [7, 11) is 0. The lowest BCUT2D eigenvalue weighted by Crippen LogP contribution is -2.44. The fourth-order valence-corrected chi connectivity index (χ4v) is 1.85. The molecule has 1 aromatic carbocycles. The molecule has 1 atom stereocenters. The molecule has 15 heavy (non-hydrogen) atoms. The second-order valence-corrected chi connectivity index (χ2v) is 3.82. The molecule has 3 nitrogen and oxygen atoms in total. The van der Waals surface area contributed by atoms with E-state index >= 15 is 0 Å². The van der Waals surface area contributed by atoms with Gasteiger partial charge in [-0.1, -0.05) is 0 Å². The van der Waals surface area contributed by atoms with E-state index in [2.05, 4.69) is 4.90 Å². The summed E-state index contributed by atoms with van der Waals surface area (Å²) in [5, 5.41) is 0. The molecule has 1 aromatic rings. The number of anilines is 2. The summed E-state index contributed by atoms with van der Waals surface area (Å²) in [6.07, 6.45) is 0. The van der Waals surface area contributed by atoms with Gasteiger partial charge in [0.05, 0.1) is 24.6 Å². The van der Waals surface area contributed by atoms with Gasteiger partial charge in [0.15, 0.2) is 0 Å². The summed E-state index contributed by atoms with van der Waals surface area (Å²) in [6, 6.07) is 4.70. The van der Waals surface area contributed by atoms with Gasteiger partial charge in [-0.05, 0) is 25.1 Å². The molecule has 1 unspecified atom stereocenters. The Hall–Kier alpha value is -1.29. The Kier molecular flexibility index (Phi) is 2.77. The molecule has 1 aliphatic heterocycles. The smallest absolute Gasteiger partial charge is 0.125 e. The van der Waals surface area contributed by atoms with Crippen molar-refractivity contribution >= 4 is 11.4 Å². The van der Waals surface area contributed by atoms with Crippen molar-refractivity contribution in [2.24, 2.45) is 0 Å². The van der Waals surface area contributed by atoms with Crippen LogP contribution in [0.25, 0.3) is 0 Å². The maximum atomic E-state index is 13.1. The summed E-state index contributed by atoms with van der Waals surface area (Å²) in [4.78, 5) is 2.09. The minimum atomic E-state index is -0.252. The average molecular weight is 210 g/mol. The highest BCUT2D eigenvalue weighted by Crippen LogP contribution is 2.27. The highest BCUT2D eigenvalue weighted by Gasteiger charge is 2.20. The SMILES string of the molecule is CC1COCCN1c1cc(F)ccc1N. The molecular formula is C11H15FN2O. The Labute approximate surface area is 88.6 Å². The van der Waals surface area contributed by atoms with Crippen molar-refractivity contribution in [3.05, 3.63) is 24.0 Å². The average Bonchev–Trinajstić information content (AvgIpc) is 2.23. The van der Waals surface area contributed by atoms with Crippen LogP contribution in [0.3, 0.4) is 0 Å². The number of halogens is 1. The highest BCUT2D eigenvalue weighted by atomic mass is 19.1. The van der Waals surface area contributed by atoms with Crippen LogP contribution in [0, 0.1) is 5.82 Å². The van der Waals surface area contributed by atoms with Crippen molar-refractivity contribution in [2.75, 3.05) is 30.4 Å². The van der Waals surface area contributed by atoms with Gasteiger partial charge in [0.2, 0.25) is 0 Å². The lowest BCUT2D eigenvalue weighted by atomic mass is 10.2. The fourth-order valence-electron chi connectivity index (χ4n) is 1.85. The van der Waals surface area contributed by atoms with Crippen LogP contribution < -0.4 is 10.6 Å². The summed E-state index contributed by atoms with van der Waals surface area (Å²) in [6.45, 7) is 4.13. The third-order valence-corrected chi connectivity index (χ3v) is 2.67. The maximum absolute atomic E-state index is 13.1. The van der Waals surface area contributed by atoms with Crippen molar-refractivity contribution in [1.82, 2.24) is 0 Å². The van der Waals surface area contributed by atoms with Gasteiger partial charge in [0.1, 0.15) is 5.82 Å². The van der Waals surface area contributed by atoms with Crippen LogP contribution in [-0.4, -0.2) is 25.8 Å². The number of ether oxygens (including phenoxy) is 1. The van der Waals surface area contributed by atoms with E-state index in [0.717, 1.165) is 12.2 Å². The van der Waals surface area contributed by atoms with Crippen molar-refractivity contribution in [3.63, 3.8) is 0 Å². The lowest BCUT2D eigenvalue weighted by molar-refractivity contribution is 0.0990. The molecular weight excluding hydrogens is 195 g/mol. The molecule has 1 saturated heterocycles. The largest absolute Gasteiger partial charge is 0.397 e. The molecule has 0 bridgehead atoms. The van der Waals surface area contributed by atoms with E-state index in [0.29, 0.717) is 18.9 Å². The number of hydrogen-bond donors (Lipinski definition) is 1. The van der Waals surface area contributed by atoms with E-state index < -0.39 is 0 Å². The molecule has 0 saturated carbocycles. The van der Waals surface area contributed by atoms with E-state index in [1.54, 1.807) is 6.07 Å². The van der Waals surface area contributed by atoms with Gasteiger partial charge in [0.25, 0.3) is 0 Å². The minimum absolute atomic E-state index is 0.239. The third-order valence-electron chi connectivity index (χ3n) is 2.67. The Morgan fingerprint density at radius 1 is 1.53 bits per heavy atom. The Morgan fingerprint density at radius 2 is 2.33 bits per heavy atom. The van der Waals surface area contributed by atoms with Gasteiger partial charge in [0, 0.05) is 12.6 Å². The highest BCUT2D eigenvalue weighted by molar-refractivity contribution is 5.68. The predicted octanol–water partition coefficient (Wildman–Crippen LogP) is 1.63. The van der Waals surface area contributed by atoms with Crippen LogP contribution in [0.15, 0.2) is 18.2 Å². The molecule has 82 valence electrons. The summed E-state index contributed by atoms with van der Waals surface area (Å²) in [5.41, 5.74) is 7.22. The van der Waals surface area contributed by atoms with Crippen molar-refractivity contribution in [2.45, 2.75) is 13.0 Å². The van der Waals surface area contributed by atoms with E-state index in [-0.39, 0.29) is 11.9 Å². The van der Waals surface area contributed by atoms with Crippen LogP contribution >= 0.6 is 0 Å². The van der Waals surface area contributed by atoms with Crippen LogP contribution in [0.4, 0.5) is 15.8 Å². The lowest BCUT2D eigenvalue weighted by Gasteiger charge is -2.35. The van der Waals surface area contributed by atoms with E-state index in [4.69, 9.17) is 10.5 Å². The van der Waals surface area contributed by atoms with Gasteiger partial charge in [-0.25, -0.2) is 4.39 Å². The molecule has 0 aliphatic carbocycles. The molecule has 1 fully saturated rings. The normalized spacial score (nSPS) is 21.7. The summed E-state index contributed by atoms with van der Waals surface area (Å²) < 4.78 is 18.4. The topological polar surface area (TPSA) is 38.5 Å². The van der Waals surface area contributed by atoms with Crippen LogP contribution in [0.2, 0.25) is 0 Å². The van der Waals surface area contributed by atoms with Crippen LogP contribution in [-0.2, 0) is 4.74 Å². The zero-order valence-corrected chi connectivity index (χ0v) is 8.74. The van der Waals surface area contributed by atoms with Gasteiger partial charge >= 0.3 is 0 Å². The Bertz CT molecular complexity index is 356. The van der Waals surface area contributed by atoms with E-state index in [1.807, 2.05) is 6.92 Å². The number of nitrogens with zero attached hydrogens (tertiary/aromatic N) is 1. The molecule has 1 heterocycles. The molecule has 0 spiro atoms. The number of nitrogen functional groups attached to an aromatic ring is 1. The standard InChI is InChI=1S/C11H15FN2O/c1-8-7-15-5-4-14(8)11-6-9(12)2-3-10(11)13/h2-3,6,8H,4-5,7,13H2,1H3. The first-order valence-corrected chi connectivity index (χ1v) is 5.08.